The van der Waals surface area contributed by atoms with E-state index < -0.39 is 5.41 Å². The number of rotatable bonds is 11. The molecule has 10 heterocycles. The van der Waals surface area contributed by atoms with Crippen LogP contribution in [-0.2, 0) is 29.4 Å². The number of aromatic nitrogens is 4. The first-order chi connectivity index (χ1) is 35.5. The molecule has 2 bridgehead atoms. The summed E-state index contributed by atoms with van der Waals surface area (Å²) in [6.07, 6.45) is 17.2. The Morgan fingerprint density at radius 3 is 2.29 bits per heavy atom. The zero-order valence-electron chi connectivity index (χ0n) is 42.6. The lowest BCUT2D eigenvalue weighted by atomic mass is 9.60. The Kier molecular flexibility index (Phi) is 11.9. The highest BCUT2D eigenvalue weighted by Gasteiger charge is 2.58. The average molecular weight is 990 g/mol. The van der Waals surface area contributed by atoms with Crippen molar-refractivity contribution in [3.05, 3.63) is 60.0 Å². The highest BCUT2D eigenvalue weighted by molar-refractivity contribution is 6.09. The quantitative estimate of drug-likeness (QED) is 0.152. The van der Waals surface area contributed by atoms with E-state index in [2.05, 4.69) is 77.9 Å². The molecular formula is C57H71N11O5. The lowest BCUT2D eigenvalue weighted by Gasteiger charge is -2.54. The van der Waals surface area contributed by atoms with Gasteiger partial charge in [0.15, 0.2) is 5.82 Å². The van der Waals surface area contributed by atoms with E-state index in [0.29, 0.717) is 76.3 Å². The number of pyridine rings is 2. The average Bonchev–Trinajstić information content (AvgIpc) is 4.05. The molecule has 3 saturated carbocycles. The Bertz CT molecular complexity index is 2820. The molecule has 3 aromatic heterocycles. The van der Waals surface area contributed by atoms with E-state index >= 15 is 4.79 Å². The third-order valence-electron chi connectivity index (χ3n) is 19.0. The molecule has 384 valence electrons. The minimum atomic E-state index is -0.666. The Hall–Kier alpha value is -5.90. The minimum Gasteiger partial charge on any atom is -0.366 e. The summed E-state index contributed by atoms with van der Waals surface area (Å²) in [5.74, 6) is 2.17. The van der Waals surface area contributed by atoms with Crippen molar-refractivity contribution in [1.29, 1.82) is 0 Å². The van der Waals surface area contributed by atoms with Gasteiger partial charge in [-0.3, -0.25) is 29.3 Å². The molecule has 2 unspecified atom stereocenters. The summed E-state index contributed by atoms with van der Waals surface area (Å²) in [5, 5.41) is 6.15. The maximum Gasteiger partial charge on any atom is 0.238 e. The summed E-state index contributed by atoms with van der Waals surface area (Å²) in [4.78, 5) is 93.6. The number of piperidine rings is 6. The van der Waals surface area contributed by atoms with Crippen LogP contribution >= 0.6 is 0 Å². The lowest BCUT2D eigenvalue weighted by molar-refractivity contribution is -0.161. The smallest absolute Gasteiger partial charge is 0.238 e. The number of hydrogen-bond acceptors (Lipinski definition) is 11. The van der Waals surface area contributed by atoms with E-state index in [4.69, 9.17) is 9.97 Å². The zero-order valence-corrected chi connectivity index (χ0v) is 42.6. The number of nitrogens with zero attached hydrogens (tertiary/aromatic N) is 9. The number of fused-ring (bicyclic) bond motifs is 5. The largest absolute Gasteiger partial charge is 0.366 e. The zero-order chi connectivity index (χ0) is 49.7. The number of anilines is 3. The Morgan fingerprint density at radius 2 is 1.59 bits per heavy atom. The van der Waals surface area contributed by atoms with Crippen molar-refractivity contribution < 1.29 is 24.0 Å². The van der Waals surface area contributed by atoms with Crippen LogP contribution in [0.3, 0.4) is 0 Å². The molecule has 6 saturated heterocycles. The van der Waals surface area contributed by atoms with E-state index in [9.17, 15) is 19.2 Å². The number of carbonyl (C=O) groups excluding carboxylic acids is 5. The van der Waals surface area contributed by atoms with Crippen molar-refractivity contribution in [3.8, 4) is 11.3 Å². The van der Waals surface area contributed by atoms with Gasteiger partial charge in [0.2, 0.25) is 29.5 Å². The van der Waals surface area contributed by atoms with Crippen LogP contribution < -0.4 is 20.4 Å². The van der Waals surface area contributed by atoms with Gasteiger partial charge < -0.3 is 34.4 Å². The highest BCUT2D eigenvalue weighted by Crippen LogP contribution is 2.53. The van der Waals surface area contributed by atoms with Crippen LogP contribution in [-0.4, -0.2) is 134 Å². The van der Waals surface area contributed by atoms with Gasteiger partial charge in [0.1, 0.15) is 11.3 Å². The molecule has 3 aliphatic carbocycles. The van der Waals surface area contributed by atoms with Crippen molar-refractivity contribution in [1.82, 2.24) is 39.5 Å². The molecule has 0 radical (unpaired) electrons. The predicted molar refractivity (Wildman–Crippen MR) is 278 cm³/mol. The van der Waals surface area contributed by atoms with Gasteiger partial charge in [0, 0.05) is 99.6 Å². The number of benzene rings is 1. The predicted octanol–water partition coefficient (Wildman–Crippen LogP) is 6.79. The van der Waals surface area contributed by atoms with Crippen LogP contribution in [0.2, 0.25) is 0 Å². The number of carbonyl (C=O) groups is 5. The number of imidazole rings is 1. The molecule has 4 aromatic rings. The molecule has 16 nitrogen and oxygen atoms in total. The van der Waals surface area contributed by atoms with Crippen LogP contribution in [0, 0.1) is 23.7 Å². The first-order valence-corrected chi connectivity index (χ1v) is 28.0. The first kappa shape index (κ1) is 46.9. The van der Waals surface area contributed by atoms with Gasteiger partial charge in [-0.2, -0.15) is 0 Å². The summed E-state index contributed by atoms with van der Waals surface area (Å²) in [6, 6.07) is 14.0. The van der Waals surface area contributed by atoms with Gasteiger partial charge in [-0.25, -0.2) is 15.0 Å². The molecule has 16 heteroatoms. The molecule has 5 amide bonds. The molecule has 2 N–H and O–H groups in total. The van der Waals surface area contributed by atoms with Crippen LogP contribution in [0.15, 0.2) is 48.9 Å². The molecule has 7 aliphatic heterocycles. The van der Waals surface area contributed by atoms with E-state index in [1.807, 2.05) is 23.4 Å². The van der Waals surface area contributed by atoms with Gasteiger partial charge in [-0.1, -0.05) is 24.6 Å². The van der Waals surface area contributed by atoms with Crippen molar-refractivity contribution >= 4 is 57.9 Å². The van der Waals surface area contributed by atoms with Crippen molar-refractivity contribution in [2.24, 2.45) is 23.7 Å². The standard InChI is InChI=1S/C57H71N11O5/c1-34(2)67-33-59-46-29-45(61-53(52(46)67)60-40-8-9-40)36-6-11-44-47(26-36)68(42-27-41(28-42)63-18-4-3-5-19-63)56(73)57(44)16-22-65(23-17-57)55(72)51-38-25-39(51)32-66(31-38)50(70)24-35-14-20-64(21-15-35)48-12-7-37(30-58-48)43-10-13-49(69)62-54(43)71/h6-7,11-12,26,29-30,33-35,38-43,51H,3-5,8-10,13-25,27-28,31-32H2,1-2H3,(H,60,61)(H,62,69,71)/t38-,39+,41-,42+,43?,51?. The Morgan fingerprint density at radius 1 is 0.822 bits per heavy atom. The number of nitrogens with one attached hydrogen (secondary N) is 2. The van der Waals surface area contributed by atoms with E-state index in [1.165, 1.54) is 19.3 Å². The van der Waals surface area contributed by atoms with Gasteiger partial charge >= 0.3 is 0 Å². The molecule has 4 atom stereocenters. The molecule has 10 aliphatic rings. The van der Waals surface area contributed by atoms with Crippen LogP contribution in [0.4, 0.5) is 17.3 Å². The fraction of sp³-hybridized carbons (Fsp3) is 0.614. The SMILES string of the molecule is CC(C)n1cnc2cc(-c3ccc4c(c3)N([C@H]3C[C@@H](N5CCCCC5)C3)C(=O)C43CCN(C(=O)C4[C@@H]5C[C@H]4CN(C(=O)CC4CCN(c6ccc(C7CCC(=O)NC7=O)cn6)CC4)C5)CC3)nc(NC3CC3)c21. The third kappa shape index (κ3) is 8.37. The van der Waals surface area contributed by atoms with Crippen LogP contribution in [0.25, 0.3) is 22.3 Å². The third-order valence-corrected chi connectivity index (χ3v) is 19.0. The summed E-state index contributed by atoms with van der Waals surface area (Å²) in [6.45, 7) is 10.7. The van der Waals surface area contributed by atoms with E-state index in [0.717, 1.165) is 122 Å². The number of hydrogen-bond donors (Lipinski definition) is 2. The Labute approximate surface area is 428 Å². The first-order valence-electron chi connectivity index (χ1n) is 28.0. The number of likely N-dealkylation sites (tertiary alicyclic amines) is 2. The summed E-state index contributed by atoms with van der Waals surface area (Å²) >= 11 is 0. The monoisotopic (exact) mass is 990 g/mol. The maximum atomic E-state index is 15.3. The fourth-order valence-electron chi connectivity index (χ4n) is 14.4. The van der Waals surface area contributed by atoms with Gasteiger partial charge in [-0.05, 0) is 151 Å². The van der Waals surface area contributed by atoms with Crippen LogP contribution in [0.5, 0.6) is 0 Å². The molecule has 9 fully saturated rings. The molecule has 14 rings (SSSR count). The molecule has 1 aromatic carbocycles. The van der Waals surface area contributed by atoms with Crippen molar-refractivity contribution in [2.75, 3.05) is 67.5 Å². The molecule has 73 heavy (non-hydrogen) atoms. The van der Waals surface area contributed by atoms with Gasteiger partial charge in [0.05, 0.1) is 28.9 Å². The fourth-order valence-corrected chi connectivity index (χ4v) is 14.4. The summed E-state index contributed by atoms with van der Waals surface area (Å²) < 4.78 is 2.20. The van der Waals surface area contributed by atoms with E-state index in [-0.39, 0.29) is 65.3 Å². The summed E-state index contributed by atoms with van der Waals surface area (Å²) in [5.41, 5.74) is 6.10. The van der Waals surface area contributed by atoms with Gasteiger partial charge in [0.25, 0.3) is 0 Å². The summed E-state index contributed by atoms with van der Waals surface area (Å²) in [7, 11) is 0. The normalized spacial score (nSPS) is 28.3. The number of amides is 5. The maximum absolute atomic E-state index is 15.3. The topological polar surface area (TPSA) is 169 Å². The highest BCUT2D eigenvalue weighted by atomic mass is 16.2. The van der Waals surface area contributed by atoms with Gasteiger partial charge in [-0.15, -0.1) is 0 Å². The molecule has 1 spiro atoms. The van der Waals surface area contributed by atoms with E-state index in [1.54, 1.807) is 6.20 Å². The van der Waals surface area contributed by atoms with Crippen LogP contribution in [0.1, 0.15) is 133 Å². The van der Waals surface area contributed by atoms with Crippen molar-refractivity contribution in [2.45, 2.75) is 146 Å². The second-order valence-electron chi connectivity index (χ2n) is 23.7. The second kappa shape index (κ2) is 18.5. The Balaban J connectivity index is 0.656. The van der Waals surface area contributed by atoms with Crippen molar-refractivity contribution in [3.63, 3.8) is 0 Å². The lowest BCUT2D eigenvalue weighted by Crippen LogP contribution is -2.62. The number of imide groups is 1. The minimum absolute atomic E-state index is 0.0568. The second-order valence-corrected chi connectivity index (χ2v) is 23.7. The molecular weight excluding hydrogens is 919 g/mol.